The first-order valence-corrected chi connectivity index (χ1v) is 5.34. The zero-order valence-corrected chi connectivity index (χ0v) is 8.86. The highest BCUT2D eigenvalue weighted by Gasteiger charge is 2.26. The van der Waals surface area contributed by atoms with E-state index in [1.54, 1.807) is 0 Å². The molecular weight excluding hydrogens is 196 g/mol. The van der Waals surface area contributed by atoms with E-state index in [2.05, 4.69) is 17.2 Å². The first-order valence-electron chi connectivity index (χ1n) is 4.82. The maximum atomic E-state index is 11.4. The smallest absolute Gasteiger partial charge is 0.223 e. The molecule has 2 rings (SSSR count). The summed E-state index contributed by atoms with van der Waals surface area (Å²) in [7, 11) is 0. The van der Waals surface area contributed by atoms with Gasteiger partial charge >= 0.3 is 0 Å². The van der Waals surface area contributed by atoms with Gasteiger partial charge in [0.05, 0.1) is 0 Å². The third kappa shape index (κ3) is 2.12. The molecule has 1 amide bonds. The Labute approximate surface area is 89.1 Å². The molecule has 0 radical (unpaired) electrons. The fraction of sp³-hybridized carbons (Fsp3) is 0.500. The summed E-state index contributed by atoms with van der Waals surface area (Å²) in [5.41, 5.74) is 0. The van der Waals surface area contributed by atoms with E-state index in [1.807, 2.05) is 29.4 Å². The second-order valence-corrected chi connectivity index (χ2v) is 4.35. The van der Waals surface area contributed by atoms with Crippen molar-refractivity contribution in [2.45, 2.75) is 18.2 Å². The Balaban J connectivity index is 1.84. The monoisotopic (exact) mass is 210 g/mol. The molecule has 1 saturated heterocycles. The quantitative estimate of drug-likeness (QED) is 0.740. The van der Waals surface area contributed by atoms with Crippen LogP contribution >= 0.6 is 12.6 Å². The Morgan fingerprint density at radius 1 is 1.36 bits per heavy atom. The van der Waals surface area contributed by atoms with Gasteiger partial charge in [0.2, 0.25) is 5.91 Å². The first kappa shape index (κ1) is 9.65. The highest BCUT2D eigenvalue weighted by Crippen LogP contribution is 2.15. The molecule has 1 aromatic rings. The lowest BCUT2D eigenvalue weighted by molar-refractivity contribution is -0.127. The van der Waals surface area contributed by atoms with Gasteiger partial charge in [-0.3, -0.25) is 4.79 Å². The second-order valence-electron chi connectivity index (χ2n) is 3.62. The summed E-state index contributed by atoms with van der Waals surface area (Å²) >= 11 is 4.31. The maximum absolute atomic E-state index is 11.4. The van der Waals surface area contributed by atoms with Gasteiger partial charge < -0.3 is 9.47 Å². The van der Waals surface area contributed by atoms with E-state index < -0.39 is 0 Å². The third-order valence-corrected chi connectivity index (χ3v) is 2.83. The molecule has 14 heavy (non-hydrogen) atoms. The molecule has 1 aromatic heterocycles. The largest absolute Gasteiger partial charge is 0.352 e. The molecule has 0 saturated carbocycles. The van der Waals surface area contributed by atoms with Gasteiger partial charge in [0.1, 0.15) is 0 Å². The minimum atomic E-state index is 0.229. The van der Waals surface area contributed by atoms with Crippen molar-refractivity contribution in [3.05, 3.63) is 24.5 Å². The highest BCUT2D eigenvalue weighted by atomic mass is 32.1. The van der Waals surface area contributed by atoms with Crippen molar-refractivity contribution in [3.63, 3.8) is 0 Å². The minimum absolute atomic E-state index is 0.229. The number of likely N-dealkylation sites (tertiary alicyclic amines) is 1. The van der Waals surface area contributed by atoms with Gasteiger partial charge in [-0.15, -0.1) is 0 Å². The third-order valence-electron chi connectivity index (χ3n) is 2.49. The fourth-order valence-corrected chi connectivity index (χ4v) is 2.08. The lowest BCUT2D eigenvalue weighted by Crippen LogP contribution is -2.28. The van der Waals surface area contributed by atoms with Crippen LogP contribution < -0.4 is 0 Å². The first-order chi connectivity index (χ1) is 6.75. The number of nitrogens with zero attached hydrogens (tertiary/aromatic N) is 2. The standard InChI is InChI=1S/C10H14N2OS/c13-10-7-9(14)8-12(10)6-5-11-3-1-2-4-11/h1-4,9,14H,5-8H2. The SMILES string of the molecule is O=C1CC(S)CN1CCn1cccc1. The van der Waals surface area contributed by atoms with Crippen molar-refractivity contribution in [2.24, 2.45) is 0 Å². The predicted octanol–water partition coefficient (Wildman–Crippen LogP) is 1.02. The van der Waals surface area contributed by atoms with E-state index in [1.165, 1.54) is 0 Å². The zero-order chi connectivity index (χ0) is 9.97. The maximum Gasteiger partial charge on any atom is 0.223 e. The molecule has 1 aliphatic rings. The van der Waals surface area contributed by atoms with Crippen LogP contribution in [0.3, 0.4) is 0 Å². The van der Waals surface area contributed by atoms with Crippen LogP contribution in [0.1, 0.15) is 6.42 Å². The van der Waals surface area contributed by atoms with E-state index in [0.717, 1.165) is 19.6 Å². The van der Waals surface area contributed by atoms with Gasteiger partial charge in [0, 0.05) is 43.7 Å². The highest BCUT2D eigenvalue weighted by molar-refractivity contribution is 7.81. The zero-order valence-electron chi connectivity index (χ0n) is 7.97. The summed E-state index contributed by atoms with van der Waals surface area (Å²) in [4.78, 5) is 13.3. The van der Waals surface area contributed by atoms with Gasteiger partial charge in [-0.25, -0.2) is 0 Å². The number of thiol groups is 1. The van der Waals surface area contributed by atoms with Gasteiger partial charge in [0.15, 0.2) is 0 Å². The second kappa shape index (κ2) is 4.09. The van der Waals surface area contributed by atoms with E-state index in [-0.39, 0.29) is 11.2 Å². The number of hydrogen-bond acceptors (Lipinski definition) is 2. The summed E-state index contributed by atoms with van der Waals surface area (Å²) < 4.78 is 2.08. The predicted molar refractivity (Wildman–Crippen MR) is 58.4 cm³/mol. The number of aromatic nitrogens is 1. The van der Waals surface area contributed by atoms with Crippen LogP contribution in [0.15, 0.2) is 24.5 Å². The molecule has 0 spiro atoms. The van der Waals surface area contributed by atoms with Crippen LogP contribution in [0.25, 0.3) is 0 Å². The van der Waals surface area contributed by atoms with Crippen molar-refractivity contribution in [1.82, 2.24) is 9.47 Å². The Kier molecular flexibility index (Phi) is 2.82. The summed E-state index contributed by atoms with van der Waals surface area (Å²) in [6, 6.07) is 3.99. The number of amides is 1. The van der Waals surface area contributed by atoms with Crippen molar-refractivity contribution in [2.75, 3.05) is 13.1 Å². The molecule has 0 aromatic carbocycles. The molecular formula is C10H14N2OS. The molecule has 0 bridgehead atoms. The topological polar surface area (TPSA) is 25.2 Å². The molecule has 1 aliphatic heterocycles. The summed E-state index contributed by atoms with van der Waals surface area (Å²) in [5, 5.41) is 0.229. The number of carbonyl (C=O) groups is 1. The van der Waals surface area contributed by atoms with Crippen molar-refractivity contribution >= 4 is 18.5 Å². The Bertz CT molecular complexity index is 310. The van der Waals surface area contributed by atoms with Crippen LogP contribution in [0.4, 0.5) is 0 Å². The van der Waals surface area contributed by atoms with Crippen molar-refractivity contribution in [3.8, 4) is 0 Å². The lowest BCUT2D eigenvalue weighted by atomic mass is 10.4. The number of carbonyl (C=O) groups excluding carboxylic acids is 1. The average Bonchev–Trinajstić information content (AvgIpc) is 2.72. The molecule has 2 heterocycles. The number of rotatable bonds is 3. The van der Waals surface area contributed by atoms with Crippen LogP contribution in [-0.4, -0.2) is 33.7 Å². The molecule has 76 valence electrons. The molecule has 4 heteroatoms. The molecule has 1 atom stereocenters. The molecule has 0 N–H and O–H groups in total. The van der Waals surface area contributed by atoms with E-state index in [9.17, 15) is 4.79 Å². The van der Waals surface area contributed by atoms with E-state index in [0.29, 0.717) is 6.42 Å². The summed E-state index contributed by atoms with van der Waals surface area (Å²) in [6.07, 6.45) is 4.62. The molecule has 3 nitrogen and oxygen atoms in total. The Morgan fingerprint density at radius 2 is 2.07 bits per heavy atom. The van der Waals surface area contributed by atoms with Crippen molar-refractivity contribution in [1.29, 1.82) is 0 Å². The summed E-state index contributed by atoms with van der Waals surface area (Å²) in [6.45, 7) is 2.47. The van der Waals surface area contributed by atoms with Gasteiger partial charge in [0.25, 0.3) is 0 Å². The molecule has 0 aliphatic carbocycles. The summed E-state index contributed by atoms with van der Waals surface area (Å²) in [5.74, 6) is 0.233. The van der Waals surface area contributed by atoms with E-state index in [4.69, 9.17) is 0 Å². The van der Waals surface area contributed by atoms with Gasteiger partial charge in [-0.2, -0.15) is 12.6 Å². The number of hydrogen-bond donors (Lipinski definition) is 1. The minimum Gasteiger partial charge on any atom is -0.352 e. The Morgan fingerprint density at radius 3 is 2.64 bits per heavy atom. The van der Waals surface area contributed by atoms with Gasteiger partial charge in [-0.1, -0.05) is 0 Å². The fourth-order valence-electron chi connectivity index (χ4n) is 1.72. The molecule has 1 fully saturated rings. The normalized spacial score (nSPS) is 21.9. The van der Waals surface area contributed by atoms with Crippen molar-refractivity contribution < 1.29 is 4.79 Å². The average molecular weight is 210 g/mol. The molecule has 1 unspecified atom stereocenters. The van der Waals surface area contributed by atoms with Crippen LogP contribution in [-0.2, 0) is 11.3 Å². The van der Waals surface area contributed by atoms with Gasteiger partial charge in [-0.05, 0) is 12.1 Å². The van der Waals surface area contributed by atoms with Crippen LogP contribution in [0.5, 0.6) is 0 Å². The Hall–Kier alpha value is -0.900. The van der Waals surface area contributed by atoms with E-state index >= 15 is 0 Å². The van der Waals surface area contributed by atoms with Crippen LogP contribution in [0.2, 0.25) is 0 Å². The lowest BCUT2D eigenvalue weighted by Gasteiger charge is -2.15. The van der Waals surface area contributed by atoms with Crippen LogP contribution in [0, 0.1) is 0 Å².